The van der Waals surface area contributed by atoms with Crippen LogP contribution in [0.4, 0.5) is 17.6 Å². The standard InChI is InChI=1S/C12H12F4N2O/c13-6-1-4-8(9(5-6)12(14,15)16)10(11(17)19)18-7-2-3-7/h1,4-5,7,10,18H,2-3H2,(H2,17,19). The molecule has 0 spiro atoms. The number of hydrogen-bond donors (Lipinski definition) is 2. The van der Waals surface area contributed by atoms with E-state index in [1.165, 1.54) is 0 Å². The average molecular weight is 276 g/mol. The molecule has 1 aromatic rings. The van der Waals surface area contributed by atoms with E-state index in [9.17, 15) is 22.4 Å². The van der Waals surface area contributed by atoms with Crippen molar-refractivity contribution in [1.82, 2.24) is 5.32 Å². The summed E-state index contributed by atoms with van der Waals surface area (Å²) in [4.78, 5) is 11.3. The Morgan fingerprint density at radius 2 is 2.00 bits per heavy atom. The molecule has 2 rings (SSSR count). The molecule has 0 aromatic heterocycles. The zero-order valence-corrected chi connectivity index (χ0v) is 9.80. The first-order valence-corrected chi connectivity index (χ1v) is 5.71. The second kappa shape index (κ2) is 4.80. The smallest absolute Gasteiger partial charge is 0.368 e. The van der Waals surface area contributed by atoms with Gasteiger partial charge in [0.1, 0.15) is 11.9 Å². The van der Waals surface area contributed by atoms with Gasteiger partial charge in [0, 0.05) is 6.04 Å². The minimum atomic E-state index is -4.74. The van der Waals surface area contributed by atoms with E-state index in [0.29, 0.717) is 6.07 Å². The van der Waals surface area contributed by atoms with Crippen LogP contribution in [0.2, 0.25) is 0 Å². The Balaban J connectivity index is 2.42. The highest BCUT2D eigenvalue weighted by atomic mass is 19.4. The summed E-state index contributed by atoms with van der Waals surface area (Å²) >= 11 is 0. The summed E-state index contributed by atoms with van der Waals surface area (Å²) in [7, 11) is 0. The van der Waals surface area contributed by atoms with Gasteiger partial charge < -0.3 is 5.73 Å². The van der Waals surface area contributed by atoms with E-state index in [4.69, 9.17) is 5.73 Å². The normalized spacial score (nSPS) is 17.3. The molecule has 1 fully saturated rings. The number of nitrogens with two attached hydrogens (primary N) is 1. The van der Waals surface area contributed by atoms with E-state index in [2.05, 4.69) is 5.32 Å². The number of primary amides is 1. The number of carbonyl (C=O) groups is 1. The first-order valence-electron chi connectivity index (χ1n) is 5.71. The highest BCUT2D eigenvalue weighted by Crippen LogP contribution is 2.36. The van der Waals surface area contributed by atoms with Crippen molar-refractivity contribution in [2.24, 2.45) is 5.73 Å². The van der Waals surface area contributed by atoms with Crippen molar-refractivity contribution in [3.63, 3.8) is 0 Å². The zero-order valence-electron chi connectivity index (χ0n) is 9.80. The van der Waals surface area contributed by atoms with Gasteiger partial charge >= 0.3 is 6.18 Å². The maximum Gasteiger partial charge on any atom is 0.416 e. The van der Waals surface area contributed by atoms with Crippen molar-refractivity contribution >= 4 is 5.91 Å². The van der Waals surface area contributed by atoms with Crippen molar-refractivity contribution in [2.75, 3.05) is 0 Å². The first kappa shape index (κ1) is 13.8. The fourth-order valence-corrected chi connectivity index (χ4v) is 1.84. The van der Waals surface area contributed by atoms with Gasteiger partial charge in [-0.3, -0.25) is 10.1 Å². The number of halogens is 4. The number of nitrogens with one attached hydrogen (secondary N) is 1. The average Bonchev–Trinajstić information content (AvgIpc) is 3.08. The molecule has 19 heavy (non-hydrogen) atoms. The first-order chi connectivity index (χ1) is 8.79. The van der Waals surface area contributed by atoms with Crippen LogP contribution in [-0.4, -0.2) is 11.9 Å². The largest absolute Gasteiger partial charge is 0.416 e. The summed E-state index contributed by atoms with van der Waals surface area (Å²) in [6.07, 6.45) is -3.17. The van der Waals surface area contributed by atoms with Gasteiger partial charge in [-0.1, -0.05) is 6.07 Å². The molecule has 1 saturated carbocycles. The minimum Gasteiger partial charge on any atom is -0.368 e. The molecule has 7 heteroatoms. The number of alkyl halides is 3. The second-order valence-corrected chi connectivity index (χ2v) is 4.51. The molecule has 3 nitrogen and oxygen atoms in total. The third-order valence-corrected chi connectivity index (χ3v) is 2.90. The molecule has 1 aliphatic carbocycles. The van der Waals surface area contributed by atoms with E-state index >= 15 is 0 Å². The van der Waals surface area contributed by atoms with Crippen LogP contribution in [0.5, 0.6) is 0 Å². The molecule has 1 aliphatic rings. The van der Waals surface area contributed by atoms with Crippen LogP contribution < -0.4 is 11.1 Å². The number of carbonyl (C=O) groups excluding carboxylic acids is 1. The van der Waals surface area contributed by atoms with Crippen LogP contribution in [0.1, 0.15) is 30.0 Å². The van der Waals surface area contributed by atoms with Gasteiger partial charge in [0.25, 0.3) is 0 Å². The van der Waals surface area contributed by atoms with E-state index in [0.717, 1.165) is 25.0 Å². The Kier molecular flexibility index (Phi) is 3.49. The summed E-state index contributed by atoms with van der Waals surface area (Å²) in [5, 5.41) is 2.74. The summed E-state index contributed by atoms with van der Waals surface area (Å²) in [6.45, 7) is 0. The lowest BCUT2D eigenvalue weighted by Crippen LogP contribution is -2.36. The highest BCUT2D eigenvalue weighted by Gasteiger charge is 2.38. The van der Waals surface area contributed by atoms with Gasteiger partial charge in [-0.05, 0) is 30.5 Å². The molecule has 0 heterocycles. The zero-order chi connectivity index (χ0) is 14.2. The molecule has 3 N–H and O–H groups in total. The Morgan fingerprint density at radius 1 is 1.37 bits per heavy atom. The van der Waals surface area contributed by atoms with Gasteiger partial charge in [0.15, 0.2) is 0 Å². The molecular weight excluding hydrogens is 264 g/mol. The van der Waals surface area contributed by atoms with E-state index in [1.54, 1.807) is 0 Å². The van der Waals surface area contributed by atoms with Crippen LogP contribution >= 0.6 is 0 Å². The molecule has 1 unspecified atom stereocenters. The topological polar surface area (TPSA) is 55.1 Å². The summed E-state index contributed by atoms with van der Waals surface area (Å²) < 4.78 is 51.6. The highest BCUT2D eigenvalue weighted by molar-refractivity contribution is 5.82. The predicted molar refractivity (Wildman–Crippen MR) is 59.5 cm³/mol. The fraction of sp³-hybridized carbons (Fsp3) is 0.417. The molecule has 0 aliphatic heterocycles. The van der Waals surface area contributed by atoms with E-state index in [1.807, 2.05) is 0 Å². The Bertz CT molecular complexity index is 497. The van der Waals surface area contributed by atoms with Gasteiger partial charge in [-0.25, -0.2) is 4.39 Å². The van der Waals surface area contributed by atoms with E-state index < -0.39 is 29.5 Å². The maximum atomic E-state index is 13.0. The van der Waals surface area contributed by atoms with Gasteiger partial charge in [0.05, 0.1) is 5.56 Å². The van der Waals surface area contributed by atoms with Crippen LogP contribution in [-0.2, 0) is 11.0 Å². The SMILES string of the molecule is NC(=O)C(NC1CC1)c1ccc(F)cc1C(F)(F)F. The van der Waals surface area contributed by atoms with Crippen molar-refractivity contribution in [2.45, 2.75) is 31.1 Å². The fourth-order valence-electron chi connectivity index (χ4n) is 1.84. The number of hydrogen-bond acceptors (Lipinski definition) is 2. The maximum absolute atomic E-state index is 13.0. The van der Waals surface area contributed by atoms with Gasteiger partial charge in [0.2, 0.25) is 5.91 Å². The van der Waals surface area contributed by atoms with Crippen molar-refractivity contribution < 1.29 is 22.4 Å². The number of rotatable bonds is 4. The van der Waals surface area contributed by atoms with Crippen LogP contribution in [0.15, 0.2) is 18.2 Å². The van der Waals surface area contributed by atoms with Crippen LogP contribution in [0, 0.1) is 5.82 Å². The van der Waals surface area contributed by atoms with Crippen molar-refractivity contribution in [3.8, 4) is 0 Å². The van der Waals surface area contributed by atoms with Crippen molar-refractivity contribution in [3.05, 3.63) is 35.1 Å². The number of benzene rings is 1. The molecule has 1 amide bonds. The summed E-state index contributed by atoms with van der Waals surface area (Å²) in [6, 6.07) is 0.936. The molecule has 1 atom stereocenters. The van der Waals surface area contributed by atoms with Crippen LogP contribution in [0.25, 0.3) is 0 Å². The van der Waals surface area contributed by atoms with Gasteiger partial charge in [-0.2, -0.15) is 13.2 Å². The van der Waals surface area contributed by atoms with Gasteiger partial charge in [-0.15, -0.1) is 0 Å². The van der Waals surface area contributed by atoms with E-state index in [-0.39, 0.29) is 11.6 Å². The number of amides is 1. The molecule has 104 valence electrons. The third kappa shape index (κ3) is 3.23. The molecular formula is C12H12F4N2O. The third-order valence-electron chi connectivity index (χ3n) is 2.90. The molecule has 0 bridgehead atoms. The lowest BCUT2D eigenvalue weighted by Gasteiger charge is -2.20. The minimum absolute atomic E-state index is 0.0105. The van der Waals surface area contributed by atoms with Crippen molar-refractivity contribution in [1.29, 1.82) is 0 Å². The lowest BCUT2D eigenvalue weighted by atomic mass is 9.99. The lowest BCUT2D eigenvalue weighted by molar-refractivity contribution is -0.138. The Morgan fingerprint density at radius 3 is 2.47 bits per heavy atom. The predicted octanol–water partition coefficient (Wildman–Crippen LogP) is 2.12. The monoisotopic (exact) mass is 276 g/mol. The molecule has 1 aromatic carbocycles. The molecule has 0 saturated heterocycles. The Labute approximate surface area is 106 Å². The summed E-state index contributed by atoms with van der Waals surface area (Å²) in [5.74, 6) is -1.92. The second-order valence-electron chi connectivity index (χ2n) is 4.51. The summed E-state index contributed by atoms with van der Waals surface area (Å²) in [5.41, 5.74) is 3.62. The quantitative estimate of drug-likeness (QED) is 0.828. The Hall–Kier alpha value is -1.63. The van der Waals surface area contributed by atoms with Crippen LogP contribution in [0.3, 0.4) is 0 Å². The molecule has 0 radical (unpaired) electrons.